The molecule has 0 aliphatic carbocycles. The van der Waals surface area contributed by atoms with Crippen LogP contribution in [0.1, 0.15) is 0 Å². The molecule has 0 aromatic heterocycles. The lowest BCUT2D eigenvalue weighted by molar-refractivity contribution is 0.417. The van der Waals surface area contributed by atoms with E-state index in [1.165, 1.54) is 19.2 Å². The normalized spacial score (nSPS) is 10.7. The van der Waals surface area contributed by atoms with Crippen LogP contribution in [0.15, 0.2) is 60.0 Å². The summed E-state index contributed by atoms with van der Waals surface area (Å²) in [6, 6.07) is 9.35. The van der Waals surface area contributed by atoms with Crippen molar-refractivity contribution in [2.45, 2.75) is 4.90 Å². The first-order chi connectivity index (χ1) is 12.4. The van der Waals surface area contributed by atoms with Gasteiger partial charge in [0.15, 0.2) is 5.11 Å². The van der Waals surface area contributed by atoms with E-state index in [2.05, 4.69) is 21.9 Å². The summed E-state index contributed by atoms with van der Waals surface area (Å²) in [5.41, 5.74) is 0.775. The van der Waals surface area contributed by atoms with E-state index in [1.807, 2.05) is 0 Å². The fraction of sp³-hybridized carbons (Fsp3) is 0.118. The Bertz CT molecular complexity index is 900. The highest BCUT2D eigenvalue weighted by Crippen LogP contribution is 2.30. The molecule has 2 rings (SSSR count). The second-order valence-electron chi connectivity index (χ2n) is 5.10. The molecule has 0 radical (unpaired) electrons. The predicted molar refractivity (Wildman–Crippen MR) is 105 cm³/mol. The van der Waals surface area contributed by atoms with Gasteiger partial charge in [0.25, 0.3) is 10.0 Å². The maximum Gasteiger partial charge on any atom is 0.262 e. The number of anilines is 2. The number of thiocarbonyl (C=S) groups is 1. The Labute approximate surface area is 157 Å². The third kappa shape index (κ3) is 5.17. The molecule has 9 heteroatoms. The van der Waals surface area contributed by atoms with E-state index in [1.54, 1.807) is 24.3 Å². The van der Waals surface area contributed by atoms with Crippen LogP contribution in [0.2, 0.25) is 0 Å². The van der Waals surface area contributed by atoms with Gasteiger partial charge in [-0.3, -0.25) is 4.72 Å². The van der Waals surface area contributed by atoms with Crippen molar-refractivity contribution in [2.75, 3.05) is 23.7 Å². The summed E-state index contributed by atoms with van der Waals surface area (Å²) in [5, 5.41) is 6.20. The van der Waals surface area contributed by atoms with E-state index in [0.29, 0.717) is 23.1 Å². The highest BCUT2D eigenvalue weighted by Gasteiger charge is 2.17. The van der Waals surface area contributed by atoms with Crippen LogP contribution < -0.4 is 20.1 Å². The van der Waals surface area contributed by atoms with Crippen LogP contribution in [0.5, 0.6) is 5.75 Å². The van der Waals surface area contributed by atoms with Gasteiger partial charge in [0.05, 0.1) is 17.7 Å². The van der Waals surface area contributed by atoms with E-state index >= 15 is 0 Å². The fourth-order valence-electron chi connectivity index (χ4n) is 2.02. The van der Waals surface area contributed by atoms with Crippen molar-refractivity contribution >= 4 is 38.7 Å². The highest BCUT2D eigenvalue weighted by molar-refractivity contribution is 7.92. The molecule has 26 heavy (non-hydrogen) atoms. The zero-order chi connectivity index (χ0) is 19.2. The number of methoxy groups -OCH3 is 1. The first-order valence-electron chi connectivity index (χ1n) is 7.48. The van der Waals surface area contributed by atoms with Crippen molar-refractivity contribution in [1.82, 2.24) is 5.32 Å². The number of halogens is 1. The summed E-state index contributed by atoms with van der Waals surface area (Å²) < 4.78 is 45.6. The van der Waals surface area contributed by atoms with Crippen LogP contribution in [-0.4, -0.2) is 27.2 Å². The molecule has 0 unspecified atom stereocenters. The van der Waals surface area contributed by atoms with Crippen molar-refractivity contribution in [2.24, 2.45) is 0 Å². The van der Waals surface area contributed by atoms with Gasteiger partial charge in [-0.15, -0.1) is 6.58 Å². The molecule has 0 bridgehead atoms. The van der Waals surface area contributed by atoms with Gasteiger partial charge >= 0.3 is 0 Å². The average Bonchev–Trinajstić information content (AvgIpc) is 2.60. The average molecular weight is 395 g/mol. The van der Waals surface area contributed by atoms with Gasteiger partial charge in [-0.1, -0.05) is 6.08 Å². The monoisotopic (exact) mass is 395 g/mol. The molecule has 0 heterocycles. The van der Waals surface area contributed by atoms with Gasteiger partial charge < -0.3 is 15.4 Å². The third-order valence-electron chi connectivity index (χ3n) is 3.23. The van der Waals surface area contributed by atoms with Crippen molar-refractivity contribution in [1.29, 1.82) is 0 Å². The maximum absolute atomic E-state index is 13.0. The van der Waals surface area contributed by atoms with Gasteiger partial charge in [-0.25, -0.2) is 12.8 Å². The highest BCUT2D eigenvalue weighted by atomic mass is 32.2. The minimum atomic E-state index is -3.91. The van der Waals surface area contributed by atoms with E-state index in [9.17, 15) is 12.8 Å². The molecule has 0 aliphatic rings. The number of rotatable bonds is 7. The summed E-state index contributed by atoms with van der Waals surface area (Å²) in [7, 11) is -2.48. The Morgan fingerprint density at radius 3 is 2.58 bits per heavy atom. The summed E-state index contributed by atoms with van der Waals surface area (Å²) in [6.07, 6.45) is 1.66. The molecule has 2 aromatic carbocycles. The van der Waals surface area contributed by atoms with Crippen LogP contribution in [-0.2, 0) is 10.0 Å². The lowest BCUT2D eigenvalue weighted by Crippen LogP contribution is -2.28. The molecule has 138 valence electrons. The zero-order valence-corrected chi connectivity index (χ0v) is 15.6. The predicted octanol–water partition coefficient (Wildman–Crippen LogP) is 3.11. The number of hydrogen-bond donors (Lipinski definition) is 3. The Balaban J connectivity index is 2.26. The Hall–Kier alpha value is -2.65. The van der Waals surface area contributed by atoms with Gasteiger partial charge in [0.1, 0.15) is 11.6 Å². The van der Waals surface area contributed by atoms with Gasteiger partial charge in [0, 0.05) is 12.2 Å². The molecule has 0 aliphatic heterocycles. The molecule has 0 fully saturated rings. The topological polar surface area (TPSA) is 79.5 Å². The van der Waals surface area contributed by atoms with E-state index < -0.39 is 15.8 Å². The smallest absolute Gasteiger partial charge is 0.262 e. The summed E-state index contributed by atoms with van der Waals surface area (Å²) >= 11 is 5.13. The van der Waals surface area contributed by atoms with Crippen molar-refractivity contribution < 1.29 is 17.5 Å². The quantitative estimate of drug-likeness (QED) is 0.494. The summed E-state index contributed by atoms with van der Waals surface area (Å²) in [6.45, 7) is 4.08. The molecule has 0 amide bonds. The molecule has 3 N–H and O–H groups in total. The number of benzene rings is 2. The summed E-state index contributed by atoms with van der Waals surface area (Å²) in [5.74, 6) is -0.195. The molecular formula is C17H18FN3O3S2. The van der Waals surface area contributed by atoms with E-state index in [0.717, 1.165) is 12.1 Å². The lowest BCUT2D eigenvalue weighted by atomic mass is 10.2. The molecule has 0 spiro atoms. The molecule has 6 nitrogen and oxygen atoms in total. The van der Waals surface area contributed by atoms with Crippen molar-refractivity contribution in [3.63, 3.8) is 0 Å². The SMILES string of the molecule is C=CCNC(=S)Nc1ccc(OC)c(NS(=O)(=O)c2ccc(F)cc2)c1. The fourth-order valence-corrected chi connectivity index (χ4v) is 3.29. The molecular weight excluding hydrogens is 377 g/mol. The van der Waals surface area contributed by atoms with Crippen LogP contribution in [0.4, 0.5) is 15.8 Å². The van der Waals surface area contributed by atoms with Crippen LogP contribution in [0, 0.1) is 5.82 Å². The number of hydrogen-bond acceptors (Lipinski definition) is 4. The molecule has 2 aromatic rings. The summed E-state index contributed by atoms with van der Waals surface area (Å²) in [4.78, 5) is -0.0671. The van der Waals surface area contributed by atoms with Crippen LogP contribution in [0.25, 0.3) is 0 Å². The van der Waals surface area contributed by atoms with Crippen molar-refractivity contribution in [3.05, 3.63) is 60.9 Å². The number of ether oxygens (including phenoxy) is 1. The third-order valence-corrected chi connectivity index (χ3v) is 4.86. The van der Waals surface area contributed by atoms with E-state index in [-0.39, 0.29) is 10.6 Å². The number of nitrogens with one attached hydrogen (secondary N) is 3. The lowest BCUT2D eigenvalue weighted by Gasteiger charge is -2.15. The van der Waals surface area contributed by atoms with Gasteiger partial charge in [0.2, 0.25) is 0 Å². The largest absolute Gasteiger partial charge is 0.495 e. The minimum absolute atomic E-state index is 0.0671. The second-order valence-corrected chi connectivity index (χ2v) is 7.19. The Morgan fingerprint density at radius 1 is 1.27 bits per heavy atom. The van der Waals surface area contributed by atoms with Crippen molar-refractivity contribution in [3.8, 4) is 5.75 Å². The van der Waals surface area contributed by atoms with Gasteiger partial charge in [-0.2, -0.15) is 0 Å². The van der Waals surface area contributed by atoms with E-state index in [4.69, 9.17) is 17.0 Å². The molecule has 0 saturated carbocycles. The van der Waals surface area contributed by atoms with Crippen LogP contribution in [0.3, 0.4) is 0 Å². The minimum Gasteiger partial charge on any atom is -0.495 e. The standard InChI is InChI=1S/C17H18FN3O3S2/c1-3-10-19-17(25)20-13-6-9-16(24-2)15(11-13)21-26(22,23)14-7-4-12(18)5-8-14/h3-9,11,21H,1,10H2,2H3,(H2,19,20,25). The van der Waals surface area contributed by atoms with Gasteiger partial charge in [-0.05, 0) is 54.7 Å². The first kappa shape index (κ1) is 19.7. The zero-order valence-electron chi connectivity index (χ0n) is 14.0. The Kier molecular flexibility index (Phi) is 6.53. The molecule has 0 atom stereocenters. The number of sulfonamides is 1. The first-order valence-corrected chi connectivity index (χ1v) is 9.37. The molecule has 0 saturated heterocycles. The second kappa shape index (κ2) is 8.63. The maximum atomic E-state index is 13.0. The Morgan fingerprint density at radius 2 is 1.96 bits per heavy atom. The van der Waals surface area contributed by atoms with Crippen LogP contribution >= 0.6 is 12.2 Å².